The Morgan fingerprint density at radius 3 is 2.70 bits per heavy atom. The van der Waals surface area contributed by atoms with Gasteiger partial charge in [-0.1, -0.05) is 0 Å². The summed E-state index contributed by atoms with van der Waals surface area (Å²) in [6, 6.07) is 0. The van der Waals surface area contributed by atoms with Crippen molar-refractivity contribution in [3.8, 4) is 0 Å². The first-order valence-corrected chi connectivity index (χ1v) is 6.98. The fraction of sp³-hybridized carbons (Fsp3) is 0.538. The number of aromatic nitrogens is 2. The highest BCUT2D eigenvalue weighted by atomic mass is 32.1. The van der Waals surface area contributed by atoms with Crippen LogP contribution in [0, 0.1) is 0 Å². The lowest BCUT2D eigenvalue weighted by Gasteiger charge is -2.36. The molecule has 0 aromatic carbocycles. The number of ether oxygens (including phenoxy) is 1. The van der Waals surface area contributed by atoms with Crippen molar-refractivity contribution < 1.29 is 4.74 Å². The quantitative estimate of drug-likeness (QED) is 0.502. The van der Waals surface area contributed by atoms with E-state index in [1.165, 1.54) is 0 Å². The molecule has 2 heterocycles. The van der Waals surface area contributed by atoms with E-state index >= 15 is 0 Å². The normalized spacial score (nSPS) is 23.6. The highest BCUT2D eigenvalue weighted by Crippen LogP contribution is 2.10. The summed E-state index contributed by atoms with van der Waals surface area (Å²) in [5.74, 6) is 0. The average molecular weight is 293 g/mol. The van der Waals surface area contributed by atoms with Gasteiger partial charge in [0.05, 0.1) is 24.1 Å². The summed E-state index contributed by atoms with van der Waals surface area (Å²) < 4.78 is 5.68. The van der Waals surface area contributed by atoms with Crippen LogP contribution in [0.3, 0.4) is 0 Å². The largest absolute Gasteiger partial charge is 0.372 e. The number of hydrazone groups is 1. The van der Waals surface area contributed by atoms with E-state index in [1.54, 1.807) is 18.6 Å². The molecule has 1 N–H and O–H groups in total. The van der Waals surface area contributed by atoms with Crippen LogP contribution in [0.5, 0.6) is 0 Å². The highest BCUT2D eigenvalue weighted by molar-refractivity contribution is 7.80. The topological polar surface area (TPSA) is 62.6 Å². The molecule has 108 valence electrons. The molecule has 2 atom stereocenters. The first kappa shape index (κ1) is 14.8. The third-order valence-electron chi connectivity index (χ3n) is 2.96. The van der Waals surface area contributed by atoms with E-state index in [1.807, 2.05) is 20.8 Å². The number of hydrogen-bond acceptors (Lipinski definition) is 5. The van der Waals surface area contributed by atoms with Gasteiger partial charge in [0.1, 0.15) is 5.69 Å². The average Bonchev–Trinajstić information content (AvgIpc) is 2.44. The molecular formula is C13H19N5OS. The van der Waals surface area contributed by atoms with Crippen molar-refractivity contribution in [2.75, 3.05) is 13.1 Å². The van der Waals surface area contributed by atoms with Gasteiger partial charge >= 0.3 is 0 Å². The van der Waals surface area contributed by atoms with Gasteiger partial charge in [0.15, 0.2) is 5.11 Å². The second kappa shape index (κ2) is 6.71. The molecule has 20 heavy (non-hydrogen) atoms. The summed E-state index contributed by atoms with van der Waals surface area (Å²) in [7, 11) is 0. The highest BCUT2D eigenvalue weighted by Gasteiger charge is 2.23. The molecule has 1 aliphatic heterocycles. The van der Waals surface area contributed by atoms with Gasteiger partial charge in [-0.2, -0.15) is 5.10 Å². The molecule has 6 nitrogen and oxygen atoms in total. The Morgan fingerprint density at radius 1 is 1.40 bits per heavy atom. The van der Waals surface area contributed by atoms with Gasteiger partial charge in [-0.3, -0.25) is 15.4 Å². The Balaban J connectivity index is 1.94. The molecule has 0 aliphatic carbocycles. The summed E-state index contributed by atoms with van der Waals surface area (Å²) in [5.41, 5.74) is 4.39. The zero-order chi connectivity index (χ0) is 14.5. The maximum Gasteiger partial charge on any atom is 0.189 e. The molecule has 1 aromatic rings. The maximum atomic E-state index is 5.68. The van der Waals surface area contributed by atoms with Crippen LogP contribution in [-0.4, -0.2) is 51.0 Å². The summed E-state index contributed by atoms with van der Waals surface area (Å²) in [6.07, 6.45) is 5.28. The standard InChI is InChI=1S/C13H19N5OS/c1-9-7-18(8-10(2)19-9)13(20)17-16-11(3)12-6-14-4-5-15-12/h4-6,9-10H,7-8H2,1-3H3,(H,17,20)/b16-11+. The minimum absolute atomic E-state index is 0.170. The van der Waals surface area contributed by atoms with Crippen molar-refractivity contribution in [3.63, 3.8) is 0 Å². The van der Waals surface area contributed by atoms with Gasteiger partial charge in [0, 0.05) is 25.5 Å². The number of thiocarbonyl (C=S) groups is 1. The molecule has 0 amide bonds. The number of morpholine rings is 1. The SMILES string of the molecule is C/C(=N\NC(=S)N1CC(C)OC(C)C1)c1cnccn1. The zero-order valence-electron chi connectivity index (χ0n) is 11.9. The van der Waals surface area contributed by atoms with Crippen LogP contribution in [0.25, 0.3) is 0 Å². The van der Waals surface area contributed by atoms with Crippen molar-refractivity contribution in [2.24, 2.45) is 5.10 Å². The van der Waals surface area contributed by atoms with Crippen molar-refractivity contribution >= 4 is 23.0 Å². The molecule has 0 bridgehead atoms. The third kappa shape index (κ3) is 3.94. The maximum absolute atomic E-state index is 5.68. The number of nitrogens with zero attached hydrogens (tertiary/aromatic N) is 4. The van der Waals surface area contributed by atoms with Crippen LogP contribution in [0.1, 0.15) is 26.5 Å². The zero-order valence-corrected chi connectivity index (χ0v) is 12.7. The van der Waals surface area contributed by atoms with Crippen LogP contribution >= 0.6 is 12.2 Å². The van der Waals surface area contributed by atoms with Crippen molar-refractivity contribution in [1.29, 1.82) is 0 Å². The molecule has 0 spiro atoms. The first-order valence-electron chi connectivity index (χ1n) is 6.57. The van der Waals surface area contributed by atoms with Gasteiger partial charge in [0.2, 0.25) is 0 Å². The van der Waals surface area contributed by atoms with Gasteiger partial charge in [0.25, 0.3) is 0 Å². The Hall–Kier alpha value is -1.60. The molecule has 7 heteroatoms. The minimum atomic E-state index is 0.170. The van der Waals surface area contributed by atoms with Crippen molar-refractivity contribution in [1.82, 2.24) is 20.3 Å². The lowest BCUT2D eigenvalue weighted by Crippen LogP contribution is -2.50. The summed E-state index contributed by atoms with van der Waals surface area (Å²) in [4.78, 5) is 10.3. The van der Waals surface area contributed by atoms with E-state index in [2.05, 4.69) is 25.4 Å². The van der Waals surface area contributed by atoms with Gasteiger partial charge in [-0.25, -0.2) is 0 Å². The monoisotopic (exact) mass is 293 g/mol. The van der Waals surface area contributed by atoms with Crippen molar-refractivity contribution in [2.45, 2.75) is 33.0 Å². The predicted octanol–water partition coefficient (Wildman–Crippen LogP) is 1.18. The van der Waals surface area contributed by atoms with Crippen LogP contribution in [0.15, 0.2) is 23.7 Å². The molecular weight excluding hydrogens is 274 g/mol. The van der Waals surface area contributed by atoms with E-state index in [9.17, 15) is 0 Å². The van der Waals surface area contributed by atoms with Gasteiger partial charge in [-0.05, 0) is 33.0 Å². The summed E-state index contributed by atoms with van der Waals surface area (Å²) in [6.45, 7) is 7.49. The summed E-state index contributed by atoms with van der Waals surface area (Å²) in [5, 5.41) is 4.87. The van der Waals surface area contributed by atoms with E-state index in [0.717, 1.165) is 24.5 Å². The number of rotatable bonds is 2. The fourth-order valence-electron chi connectivity index (χ4n) is 2.09. The van der Waals surface area contributed by atoms with E-state index in [-0.39, 0.29) is 12.2 Å². The Morgan fingerprint density at radius 2 is 2.10 bits per heavy atom. The minimum Gasteiger partial charge on any atom is -0.372 e. The lowest BCUT2D eigenvalue weighted by molar-refractivity contribution is -0.0481. The third-order valence-corrected chi connectivity index (χ3v) is 3.31. The molecule has 0 saturated carbocycles. The van der Waals surface area contributed by atoms with Crippen molar-refractivity contribution in [3.05, 3.63) is 24.3 Å². The summed E-state index contributed by atoms with van der Waals surface area (Å²) >= 11 is 5.36. The van der Waals surface area contributed by atoms with E-state index < -0.39 is 0 Å². The molecule has 0 radical (unpaired) electrons. The van der Waals surface area contributed by atoms with Crippen LogP contribution < -0.4 is 5.43 Å². The van der Waals surface area contributed by atoms with E-state index in [0.29, 0.717) is 5.11 Å². The first-order chi connectivity index (χ1) is 9.56. The van der Waals surface area contributed by atoms with Crippen LogP contribution in [-0.2, 0) is 4.74 Å². The van der Waals surface area contributed by atoms with E-state index in [4.69, 9.17) is 17.0 Å². The Labute approximate surface area is 124 Å². The molecule has 2 rings (SSSR count). The fourth-order valence-corrected chi connectivity index (χ4v) is 2.28. The second-order valence-electron chi connectivity index (χ2n) is 4.87. The smallest absolute Gasteiger partial charge is 0.189 e. The molecule has 1 saturated heterocycles. The Kier molecular flexibility index (Phi) is 4.97. The predicted molar refractivity (Wildman–Crippen MR) is 81.6 cm³/mol. The van der Waals surface area contributed by atoms with Crippen LogP contribution in [0.4, 0.5) is 0 Å². The number of nitrogens with one attached hydrogen (secondary N) is 1. The van der Waals surface area contributed by atoms with Gasteiger partial charge < -0.3 is 9.64 Å². The molecule has 1 fully saturated rings. The van der Waals surface area contributed by atoms with Gasteiger partial charge in [-0.15, -0.1) is 0 Å². The second-order valence-corrected chi connectivity index (χ2v) is 5.25. The molecule has 1 aromatic heterocycles. The molecule has 1 aliphatic rings. The lowest BCUT2D eigenvalue weighted by atomic mass is 10.2. The molecule has 2 unspecified atom stereocenters. The van der Waals surface area contributed by atoms with Crippen LogP contribution in [0.2, 0.25) is 0 Å². The number of hydrogen-bond donors (Lipinski definition) is 1. The Bertz CT molecular complexity index is 483.